The molecule has 2 nitrogen and oxygen atoms in total. The fourth-order valence-electron chi connectivity index (χ4n) is 2.06. The smallest absolute Gasteiger partial charge is 0.330 e. The van der Waals surface area contributed by atoms with Gasteiger partial charge in [-0.25, -0.2) is 4.79 Å². The number of carbonyl (C=O) groups is 1. The highest BCUT2D eigenvalue weighted by Crippen LogP contribution is 2.12. The zero-order chi connectivity index (χ0) is 14.3. The summed E-state index contributed by atoms with van der Waals surface area (Å²) in [5, 5.41) is 9.83. The quantitative estimate of drug-likeness (QED) is 0.266. The lowest BCUT2D eigenvalue weighted by Gasteiger charge is -2.01. The molecule has 0 heterocycles. The Labute approximate surface area is 126 Å². The minimum absolute atomic E-state index is 0.475. The molecule has 0 atom stereocenters. The monoisotopic (exact) mass is 332 g/mol. The number of unbranched alkanes of at least 4 members (excludes halogenated alkanes) is 10. The van der Waals surface area contributed by atoms with Crippen LogP contribution in [0.15, 0.2) is 11.6 Å². The lowest BCUT2D eigenvalue weighted by atomic mass is 10.1. The maximum absolute atomic E-state index is 10.6. The molecule has 0 unspecified atom stereocenters. The van der Waals surface area contributed by atoms with E-state index in [4.69, 9.17) is 5.11 Å². The molecule has 3 heteroatoms. The number of alkyl halides is 1. The van der Waals surface area contributed by atoms with Crippen LogP contribution in [-0.4, -0.2) is 16.4 Å². The summed E-state index contributed by atoms with van der Waals surface area (Å²) < 4.78 is 0. The number of hydrogen-bond donors (Lipinski definition) is 1. The molecule has 0 aromatic heterocycles. The molecule has 19 heavy (non-hydrogen) atoms. The van der Waals surface area contributed by atoms with Gasteiger partial charge in [-0.3, -0.25) is 0 Å². The molecule has 0 aromatic rings. The molecule has 0 spiro atoms. The van der Waals surface area contributed by atoms with E-state index < -0.39 is 5.97 Å². The van der Waals surface area contributed by atoms with Gasteiger partial charge in [0, 0.05) is 10.9 Å². The second-order valence-electron chi connectivity index (χ2n) is 5.21. The lowest BCUT2D eigenvalue weighted by Crippen LogP contribution is -1.95. The van der Waals surface area contributed by atoms with E-state index >= 15 is 0 Å². The Morgan fingerprint density at radius 1 is 0.895 bits per heavy atom. The molecule has 0 aromatic carbocycles. The van der Waals surface area contributed by atoms with E-state index in [1.54, 1.807) is 6.92 Å². The molecular weight excluding hydrogens is 304 g/mol. The number of allylic oxidation sites excluding steroid dienone is 1. The average molecular weight is 333 g/mol. The predicted molar refractivity (Wildman–Crippen MR) is 86.0 cm³/mol. The number of carboxylic acids is 1. The van der Waals surface area contributed by atoms with Crippen LogP contribution in [0.4, 0.5) is 0 Å². The molecule has 0 fully saturated rings. The molecule has 0 aliphatic heterocycles. The molecule has 0 saturated carbocycles. The highest BCUT2D eigenvalue weighted by Gasteiger charge is 1.97. The van der Waals surface area contributed by atoms with Crippen LogP contribution in [0.2, 0.25) is 0 Å². The summed E-state index contributed by atoms with van der Waals surface area (Å²) in [5.74, 6) is -0.792. The predicted octanol–water partition coefficient (Wildman–Crippen LogP) is 5.70. The molecule has 0 amide bonds. The second-order valence-corrected chi connectivity index (χ2v) is 6.00. The fourth-order valence-corrected chi connectivity index (χ4v) is 2.46. The van der Waals surface area contributed by atoms with Crippen molar-refractivity contribution >= 4 is 21.9 Å². The maximum Gasteiger partial charge on any atom is 0.330 e. The van der Waals surface area contributed by atoms with Gasteiger partial charge in [0.25, 0.3) is 0 Å². The summed E-state index contributed by atoms with van der Waals surface area (Å²) in [7, 11) is 0. The molecule has 112 valence electrons. The number of halogens is 1. The third kappa shape index (κ3) is 13.9. The van der Waals surface area contributed by atoms with E-state index in [1.807, 2.05) is 6.08 Å². The van der Waals surface area contributed by atoms with Crippen molar-refractivity contribution in [1.82, 2.24) is 0 Å². The number of aliphatic carboxylic acids is 1. The summed E-state index contributed by atoms with van der Waals surface area (Å²) in [6, 6.07) is 0. The summed E-state index contributed by atoms with van der Waals surface area (Å²) in [6.07, 6.45) is 15.9. The Balaban J connectivity index is 3.15. The normalized spacial score (nSPS) is 11.8. The van der Waals surface area contributed by atoms with Crippen LogP contribution in [0, 0.1) is 0 Å². The Kier molecular flexibility index (Phi) is 13.9. The first-order valence-electron chi connectivity index (χ1n) is 7.64. The third-order valence-electron chi connectivity index (χ3n) is 3.38. The van der Waals surface area contributed by atoms with Crippen molar-refractivity contribution in [3.05, 3.63) is 11.6 Å². The molecule has 0 saturated heterocycles. The molecule has 1 N–H and O–H groups in total. The molecule has 0 radical (unpaired) electrons. The number of carboxylic acid groups (broad SMARTS) is 1. The van der Waals surface area contributed by atoms with E-state index in [-0.39, 0.29) is 0 Å². The van der Waals surface area contributed by atoms with Crippen molar-refractivity contribution in [2.24, 2.45) is 0 Å². The number of rotatable bonds is 13. The maximum atomic E-state index is 10.6. The fraction of sp³-hybridized carbons (Fsp3) is 0.812. The molecule has 0 rings (SSSR count). The highest BCUT2D eigenvalue weighted by molar-refractivity contribution is 9.09. The van der Waals surface area contributed by atoms with Gasteiger partial charge in [-0.05, 0) is 26.2 Å². The van der Waals surface area contributed by atoms with E-state index in [2.05, 4.69) is 15.9 Å². The van der Waals surface area contributed by atoms with Crippen molar-refractivity contribution < 1.29 is 9.90 Å². The Bertz CT molecular complexity index is 249. The van der Waals surface area contributed by atoms with Gasteiger partial charge in [0.1, 0.15) is 0 Å². The first-order valence-corrected chi connectivity index (χ1v) is 8.76. The summed E-state index contributed by atoms with van der Waals surface area (Å²) in [6.45, 7) is 1.66. The van der Waals surface area contributed by atoms with Gasteiger partial charge in [-0.15, -0.1) is 0 Å². The highest BCUT2D eigenvalue weighted by atomic mass is 79.9. The lowest BCUT2D eigenvalue weighted by molar-refractivity contribution is -0.132. The zero-order valence-electron chi connectivity index (χ0n) is 12.3. The van der Waals surface area contributed by atoms with E-state index in [1.165, 1.54) is 57.8 Å². The Morgan fingerprint density at radius 3 is 1.74 bits per heavy atom. The standard InChI is InChI=1S/C16H29BrO2/c1-15(16(18)19)13-11-9-7-5-3-2-4-6-8-10-12-14-17/h13H,2-12,14H2,1H3,(H,18,19). The minimum atomic E-state index is -0.792. The summed E-state index contributed by atoms with van der Waals surface area (Å²) in [4.78, 5) is 10.6. The van der Waals surface area contributed by atoms with Gasteiger partial charge in [-0.1, -0.05) is 73.4 Å². The van der Waals surface area contributed by atoms with Crippen molar-refractivity contribution in [3.8, 4) is 0 Å². The average Bonchev–Trinajstić information content (AvgIpc) is 2.39. The molecule has 0 aliphatic rings. The number of hydrogen-bond acceptors (Lipinski definition) is 1. The van der Waals surface area contributed by atoms with Gasteiger partial charge < -0.3 is 5.11 Å². The topological polar surface area (TPSA) is 37.3 Å². The zero-order valence-corrected chi connectivity index (χ0v) is 13.9. The van der Waals surface area contributed by atoms with Crippen LogP contribution in [-0.2, 0) is 4.79 Å². The minimum Gasteiger partial charge on any atom is -0.478 e. The second kappa shape index (κ2) is 14.1. The van der Waals surface area contributed by atoms with Gasteiger partial charge >= 0.3 is 5.97 Å². The van der Waals surface area contributed by atoms with Crippen LogP contribution in [0.3, 0.4) is 0 Å². The Morgan fingerprint density at radius 2 is 1.32 bits per heavy atom. The van der Waals surface area contributed by atoms with Crippen LogP contribution < -0.4 is 0 Å². The van der Waals surface area contributed by atoms with Gasteiger partial charge in [0.05, 0.1) is 0 Å². The van der Waals surface area contributed by atoms with Crippen molar-refractivity contribution in [1.29, 1.82) is 0 Å². The van der Waals surface area contributed by atoms with E-state index in [0.29, 0.717) is 5.57 Å². The van der Waals surface area contributed by atoms with Gasteiger partial charge in [-0.2, -0.15) is 0 Å². The van der Waals surface area contributed by atoms with E-state index in [9.17, 15) is 4.79 Å². The molecular formula is C16H29BrO2. The van der Waals surface area contributed by atoms with Crippen molar-refractivity contribution in [3.63, 3.8) is 0 Å². The molecule has 0 bridgehead atoms. The largest absolute Gasteiger partial charge is 0.478 e. The first kappa shape index (κ1) is 18.7. The van der Waals surface area contributed by atoms with Crippen LogP contribution >= 0.6 is 15.9 Å². The van der Waals surface area contributed by atoms with Gasteiger partial charge in [0.15, 0.2) is 0 Å². The third-order valence-corrected chi connectivity index (χ3v) is 3.94. The summed E-state index contributed by atoms with van der Waals surface area (Å²) >= 11 is 3.45. The van der Waals surface area contributed by atoms with Crippen molar-refractivity contribution in [2.75, 3.05) is 5.33 Å². The van der Waals surface area contributed by atoms with Crippen molar-refractivity contribution in [2.45, 2.75) is 77.6 Å². The molecule has 0 aliphatic carbocycles. The van der Waals surface area contributed by atoms with Crippen LogP contribution in [0.1, 0.15) is 77.6 Å². The summed E-state index contributed by atoms with van der Waals surface area (Å²) in [5.41, 5.74) is 0.475. The van der Waals surface area contributed by atoms with Crippen LogP contribution in [0.25, 0.3) is 0 Å². The Hall–Kier alpha value is -0.310. The van der Waals surface area contributed by atoms with Crippen LogP contribution in [0.5, 0.6) is 0 Å². The van der Waals surface area contributed by atoms with Gasteiger partial charge in [0.2, 0.25) is 0 Å². The first-order chi connectivity index (χ1) is 9.18. The SMILES string of the molecule is CC(=CCCCCCCCCCCCCBr)C(=O)O. The van der Waals surface area contributed by atoms with E-state index in [0.717, 1.165) is 18.2 Å².